The van der Waals surface area contributed by atoms with E-state index in [1.54, 1.807) is 0 Å². The number of nitrogens with two attached hydrogens (primary N) is 1. The van der Waals surface area contributed by atoms with E-state index in [-0.39, 0.29) is 35.2 Å². The number of nitrogens with one attached hydrogen (secondary N) is 1. The number of likely N-dealkylation sites (tertiary alicyclic amines) is 1. The number of hydrogen-bond donors (Lipinski definition) is 2. The second-order valence-electron chi connectivity index (χ2n) is 7.53. The quantitative estimate of drug-likeness (QED) is 0.805. The van der Waals surface area contributed by atoms with Gasteiger partial charge in [0, 0.05) is 30.6 Å². The molecule has 2 atom stereocenters. The van der Waals surface area contributed by atoms with Gasteiger partial charge in [0.15, 0.2) is 0 Å². The predicted octanol–water partition coefficient (Wildman–Crippen LogP) is 1.27. The zero-order valence-corrected chi connectivity index (χ0v) is 13.5. The fourth-order valence-electron chi connectivity index (χ4n) is 3.32. The second-order valence-corrected chi connectivity index (χ2v) is 7.53. The molecule has 1 saturated carbocycles. The van der Waals surface area contributed by atoms with Crippen LogP contribution in [0.15, 0.2) is 0 Å². The Hall–Kier alpha value is -1.10. The Morgan fingerprint density at radius 1 is 1.10 bits per heavy atom. The van der Waals surface area contributed by atoms with E-state index in [0.29, 0.717) is 0 Å². The van der Waals surface area contributed by atoms with Gasteiger partial charge in [-0.15, -0.1) is 0 Å². The molecule has 1 aliphatic carbocycles. The molecule has 5 nitrogen and oxygen atoms in total. The maximum absolute atomic E-state index is 12.2. The molecular weight excluding hydrogens is 266 g/mol. The van der Waals surface area contributed by atoms with Crippen molar-refractivity contribution in [3.8, 4) is 0 Å². The van der Waals surface area contributed by atoms with E-state index in [1.165, 1.54) is 0 Å². The van der Waals surface area contributed by atoms with Gasteiger partial charge in [-0.1, -0.05) is 27.2 Å². The van der Waals surface area contributed by atoms with Crippen LogP contribution in [0.4, 0.5) is 0 Å². The van der Waals surface area contributed by atoms with E-state index in [2.05, 4.69) is 5.32 Å². The molecule has 2 aliphatic rings. The summed E-state index contributed by atoms with van der Waals surface area (Å²) in [5.41, 5.74) is 5.65. The molecule has 5 heteroatoms. The van der Waals surface area contributed by atoms with Gasteiger partial charge in [-0.05, 0) is 25.7 Å². The van der Waals surface area contributed by atoms with Crippen LogP contribution in [-0.4, -0.2) is 41.9 Å². The van der Waals surface area contributed by atoms with E-state index in [0.717, 1.165) is 45.2 Å². The maximum Gasteiger partial charge on any atom is 0.227 e. The number of carbonyl (C=O) groups excluding carboxylic acids is 2. The summed E-state index contributed by atoms with van der Waals surface area (Å²) in [6.07, 6.45) is 4.60. The molecule has 0 aromatic heterocycles. The first kappa shape index (κ1) is 16.3. The van der Waals surface area contributed by atoms with Crippen LogP contribution in [0.5, 0.6) is 0 Å². The minimum atomic E-state index is -0.327. The highest BCUT2D eigenvalue weighted by Crippen LogP contribution is 2.25. The lowest BCUT2D eigenvalue weighted by Gasteiger charge is -2.36. The first-order valence-corrected chi connectivity index (χ1v) is 8.14. The normalized spacial score (nSPS) is 27.7. The van der Waals surface area contributed by atoms with Gasteiger partial charge in [0.05, 0.1) is 5.92 Å². The molecule has 2 rings (SSSR count). The number of piperidine rings is 1. The molecular formula is C16H29N3O2. The van der Waals surface area contributed by atoms with Crippen LogP contribution < -0.4 is 11.1 Å². The van der Waals surface area contributed by atoms with Crippen molar-refractivity contribution in [1.82, 2.24) is 10.2 Å². The molecule has 2 fully saturated rings. The fourth-order valence-corrected chi connectivity index (χ4v) is 3.32. The Morgan fingerprint density at radius 2 is 1.71 bits per heavy atom. The van der Waals surface area contributed by atoms with Gasteiger partial charge in [0.1, 0.15) is 0 Å². The Balaban J connectivity index is 1.79. The van der Waals surface area contributed by atoms with Gasteiger partial charge in [0.25, 0.3) is 0 Å². The van der Waals surface area contributed by atoms with Gasteiger partial charge >= 0.3 is 0 Å². The summed E-state index contributed by atoms with van der Waals surface area (Å²) in [4.78, 5) is 26.4. The Labute approximate surface area is 127 Å². The van der Waals surface area contributed by atoms with Crippen molar-refractivity contribution < 1.29 is 9.59 Å². The third-order valence-electron chi connectivity index (χ3n) is 4.68. The summed E-state index contributed by atoms with van der Waals surface area (Å²) in [5, 5.41) is 3.13. The smallest absolute Gasteiger partial charge is 0.227 e. The third-order valence-corrected chi connectivity index (χ3v) is 4.68. The van der Waals surface area contributed by atoms with E-state index in [1.807, 2.05) is 25.7 Å². The average Bonchev–Trinajstić information content (AvgIpc) is 2.84. The van der Waals surface area contributed by atoms with Crippen molar-refractivity contribution >= 4 is 11.8 Å². The van der Waals surface area contributed by atoms with Crippen LogP contribution in [-0.2, 0) is 9.59 Å². The zero-order chi connectivity index (χ0) is 15.6. The van der Waals surface area contributed by atoms with Crippen molar-refractivity contribution in [2.75, 3.05) is 13.1 Å². The van der Waals surface area contributed by atoms with Crippen LogP contribution in [0.2, 0.25) is 0 Å². The highest BCUT2D eigenvalue weighted by molar-refractivity contribution is 5.82. The van der Waals surface area contributed by atoms with Crippen molar-refractivity contribution in [3.63, 3.8) is 0 Å². The van der Waals surface area contributed by atoms with E-state index in [9.17, 15) is 9.59 Å². The predicted molar refractivity (Wildman–Crippen MR) is 82.5 cm³/mol. The lowest BCUT2D eigenvalue weighted by molar-refractivity contribution is -0.140. The third kappa shape index (κ3) is 3.96. The first-order chi connectivity index (χ1) is 9.79. The molecule has 1 saturated heterocycles. The Bertz CT molecular complexity index is 395. The summed E-state index contributed by atoms with van der Waals surface area (Å²) < 4.78 is 0. The minimum absolute atomic E-state index is 0.0146. The van der Waals surface area contributed by atoms with E-state index < -0.39 is 0 Å². The monoisotopic (exact) mass is 295 g/mol. The highest BCUT2D eigenvalue weighted by Gasteiger charge is 2.34. The second kappa shape index (κ2) is 6.34. The summed E-state index contributed by atoms with van der Waals surface area (Å²) in [6, 6.07) is 0.210. The van der Waals surface area contributed by atoms with Gasteiger partial charge in [-0.2, -0.15) is 0 Å². The molecule has 21 heavy (non-hydrogen) atoms. The molecule has 2 amide bonds. The van der Waals surface area contributed by atoms with Crippen molar-refractivity contribution in [2.24, 2.45) is 17.1 Å². The van der Waals surface area contributed by atoms with E-state index in [4.69, 9.17) is 5.73 Å². The van der Waals surface area contributed by atoms with Gasteiger partial charge in [-0.25, -0.2) is 0 Å². The number of amides is 2. The van der Waals surface area contributed by atoms with Gasteiger partial charge in [-0.3, -0.25) is 9.59 Å². The maximum atomic E-state index is 12.2. The number of carbonyl (C=O) groups is 2. The number of rotatable bonds is 2. The average molecular weight is 295 g/mol. The lowest BCUT2D eigenvalue weighted by Crippen LogP contribution is -2.51. The number of nitrogens with zero attached hydrogens (tertiary/aromatic N) is 1. The van der Waals surface area contributed by atoms with Crippen LogP contribution >= 0.6 is 0 Å². The fraction of sp³-hybridized carbons (Fsp3) is 0.875. The summed E-state index contributed by atoms with van der Waals surface area (Å²) >= 11 is 0. The Morgan fingerprint density at radius 3 is 2.19 bits per heavy atom. The summed E-state index contributed by atoms with van der Waals surface area (Å²) in [7, 11) is 0. The van der Waals surface area contributed by atoms with Crippen LogP contribution in [0, 0.1) is 11.3 Å². The molecule has 0 radical (unpaired) electrons. The van der Waals surface area contributed by atoms with Gasteiger partial charge < -0.3 is 16.0 Å². The SMILES string of the molecule is CC(C)(C)C(=O)N1CCC(NC(=O)C2CCCC2N)CC1. The first-order valence-electron chi connectivity index (χ1n) is 8.14. The minimum Gasteiger partial charge on any atom is -0.353 e. The van der Waals surface area contributed by atoms with E-state index >= 15 is 0 Å². The van der Waals surface area contributed by atoms with Crippen molar-refractivity contribution in [3.05, 3.63) is 0 Å². The largest absolute Gasteiger partial charge is 0.353 e. The van der Waals surface area contributed by atoms with Crippen molar-refractivity contribution in [1.29, 1.82) is 0 Å². The molecule has 3 N–H and O–H groups in total. The van der Waals surface area contributed by atoms with Crippen LogP contribution in [0.25, 0.3) is 0 Å². The van der Waals surface area contributed by atoms with Crippen molar-refractivity contribution in [2.45, 2.75) is 65.0 Å². The molecule has 1 aliphatic heterocycles. The van der Waals surface area contributed by atoms with Crippen LogP contribution in [0.1, 0.15) is 52.9 Å². The molecule has 0 aromatic rings. The number of hydrogen-bond acceptors (Lipinski definition) is 3. The van der Waals surface area contributed by atoms with Crippen LogP contribution in [0.3, 0.4) is 0 Å². The highest BCUT2D eigenvalue weighted by atomic mass is 16.2. The summed E-state index contributed by atoms with van der Waals surface area (Å²) in [6.45, 7) is 7.32. The molecule has 120 valence electrons. The molecule has 0 spiro atoms. The zero-order valence-electron chi connectivity index (χ0n) is 13.5. The molecule has 2 unspecified atom stereocenters. The topological polar surface area (TPSA) is 75.4 Å². The van der Waals surface area contributed by atoms with Gasteiger partial charge in [0.2, 0.25) is 11.8 Å². The summed E-state index contributed by atoms with van der Waals surface area (Å²) in [5.74, 6) is 0.296. The lowest BCUT2D eigenvalue weighted by atomic mass is 9.92. The molecule has 0 bridgehead atoms. The Kier molecular flexibility index (Phi) is 4.91. The standard InChI is InChI=1S/C16H29N3O2/c1-16(2,3)15(21)19-9-7-11(8-10-19)18-14(20)12-5-4-6-13(12)17/h11-13H,4-10,17H2,1-3H3,(H,18,20). The molecule has 1 heterocycles. The molecule has 0 aromatic carbocycles.